The lowest BCUT2D eigenvalue weighted by atomic mass is 10.2. The van der Waals surface area contributed by atoms with Crippen LogP contribution < -0.4 is 5.73 Å². The van der Waals surface area contributed by atoms with E-state index in [9.17, 15) is 5.11 Å². The number of thioether (sulfide) groups is 1. The van der Waals surface area contributed by atoms with E-state index in [-0.39, 0.29) is 17.9 Å². The molecule has 96 valence electrons. The van der Waals surface area contributed by atoms with E-state index in [0.717, 1.165) is 18.0 Å². The SMILES string of the molecule is COCC(N)C(CO)Sc1nnnn1C1CC1. The molecule has 2 unspecified atom stereocenters. The Bertz CT molecular complexity index is 357. The molecule has 1 aromatic rings. The minimum absolute atomic E-state index is 0.0211. The minimum atomic E-state index is -0.237. The van der Waals surface area contributed by atoms with Crippen LogP contribution in [0, 0.1) is 0 Å². The van der Waals surface area contributed by atoms with Gasteiger partial charge in [-0.1, -0.05) is 11.8 Å². The van der Waals surface area contributed by atoms with Gasteiger partial charge in [0.05, 0.1) is 24.5 Å². The molecule has 0 amide bonds. The molecule has 0 aliphatic heterocycles. The van der Waals surface area contributed by atoms with Crippen molar-refractivity contribution in [2.24, 2.45) is 5.73 Å². The van der Waals surface area contributed by atoms with Gasteiger partial charge < -0.3 is 15.6 Å². The van der Waals surface area contributed by atoms with Gasteiger partial charge in [-0.3, -0.25) is 0 Å². The molecule has 0 spiro atoms. The summed E-state index contributed by atoms with van der Waals surface area (Å²) in [6.45, 7) is 0.385. The first-order valence-electron chi connectivity index (χ1n) is 5.56. The van der Waals surface area contributed by atoms with Crippen LogP contribution in [-0.2, 0) is 4.74 Å². The number of tetrazole rings is 1. The van der Waals surface area contributed by atoms with E-state index < -0.39 is 0 Å². The zero-order chi connectivity index (χ0) is 12.3. The van der Waals surface area contributed by atoms with Crippen LogP contribution in [0.3, 0.4) is 0 Å². The highest BCUT2D eigenvalue weighted by Crippen LogP contribution is 2.37. The topological polar surface area (TPSA) is 99.1 Å². The molecular weight excluding hydrogens is 242 g/mol. The van der Waals surface area contributed by atoms with E-state index >= 15 is 0 Å². The molecule has 1 aliphatic carbocycles. The van der Waals surface area contributed by atoms with Crippen LogP contribution in [0.1, 0.15) is 18.9 Å². The van der Waals surface area contributed by atoms with Crippen LogP contribution >= 0.6 is 11.8 Å². The zero-order valence-corrected chi connectivity index (χ0v) is 10.5. The predicted molar refractivity (Wildman–Crippen MR) is 62.7 cm³/mol. The molecule has 0 bridgehead atoms. The Labute approximate surface area is 104 Å². The van der Waals surface area contributed by atoms with Crippen molar-refractivity contribution in [1.82, 2.24) is 20.2 Å². The summed E-state index contributed by atoms with van der Waals surface area (Å²) < 4.78 is 6.80. The summed E-state index contributed by atoms with van der Waals surface area (Å²) in [7, 11) is 1.59. The first-order chi connectivity index (χ1) is 8.26. The fourth-order valence-electron chi connectivity index (χ4n) is 1.51. The summed E-state index contributed by atoms with van der Waals surface area (Å²) in [4.78, 5) is 0. The standard InChI is InChI=1S/C9H17N5O2S/c1-16-5-7(10)8(4-15)17-9-11-12-13-14(9)6-2-3-6/h6-8,15H,2-5,10H2,1H3. The van der Waals surface area contributed by atoms with E-state index in [1.165, 1.54) is 11.8 Å². The van der Waals surface area contributed by atoms with Crippen molar-refractivity contribution in [1.29, 1.82) is 0 Å². The van der Waals surface area contributed by atoms with Crippen molar-refractivity contribution in [3.8, 4) is 0 Å². The van der Waals surface area contributed by atoms with Crippen molar-refractivity contribution in [2.45, 2.75) is 35.3 Å². The number of aliphatic hydroxyl groups is 1. The molecule has 0 radical (unpaired) electrons. The van der Waals surface area contributed by atoms with Gasteiger partial charge in [0.15, 0.2) is 0 Å². The Morgan fingerprint density at radius 3 is 3.00 bits per heavy atom. The monoisotopic (exact) mass is 259 g/mol. The Hall–Kier alpha value is -0.700. The van der Waals surface area contributed by atoms with E-state index in [4.69, 9.17) is 10.5 Å². The molecule has 1 heterocycles. The van der Waals surface area contributed by atoms with E-state index in [1.807, 2.05) is 4.68 Å². The van der Waals surface area contributed by atoms with Gasteiger partial charge in [0.1, 0.15) is 0 Å². The number of aliphatic hydroxyl groups excluding tert-OH is 1. The summed E-state index contributed by atoms with van der Waals surface area (Å²) in [5, 5.41) is 21.5. The van der Waals surface area contributed by atoms with Crippen LogP contribution in [0.4, 0.5) is 0 Å². The normalized spacial score (nSPS) is 19.2. The number of nitrogens with zero attached hydrogens (tertiary/aromatic N) is 4. The lowest BCUT2D eigenvalue weighted by molar-refractivity contribution is 0.167. The number of hydrogen-bond acceptors (Lipinski definition) is 7. The molecule has 1 fully saturated rings. The molecule has 3 N–H and O–H groups in total. The summed E-state index contributed by atoms with van der Waals surface area (Å²) in [6, 6.07) is 0.185. The third-order valence-corrected chi connectivity index (χ3v) is 3.91. The minimum Gasteiger partial charge on any atom is -0.395 e. The number of hydrogen-bond donors (Lipinski definition) is 2. The molecule has 17 heavy (non-hydrogen) atoms. The second-order valence-electron chi connectivity index (χ2n) is 4.10. The molecule has 1 aliphatic rings. The van der Waals surface area contributed by atoms with Gasteiger partial charge in [0, 0.05) is 13.2 Å². The maximum Gasteiger partial charge on any atom is 0.209 e. The Morgan fingerprint density at radius 2 is 2.41 bits per heavy atom. The molecular formula is C9H17N5O2S. The number of ether oxygens (including phenoxy) is 1. The lowest BCUT2D eigenvalue weighted by Gasteiger charge is -2.19. The van der Waals surface area contributed by atoms with E-state index in [0.29, 0.717) is 12.6 Å². The van der Waals surface area contributed by atoms with E-state index in [2.05, 4.69) is 15.5 Å². The van der Waals surface area contributed by atoms with Gasteiger partial charge in [0.25, 0.3) is 0 Å². The summed E-state index contributed by atoms with van der Waals surface area (Å²) >= 11 is 1.41. The Morgan fingerprint density at radius 1 is 1.65 bits per heavy atom. The molecule has 1 aromatic heterocycles. The highest BCUT2D eigenvalue weighted by Gasteiger charge is 2.30. The van der Waals surface area contributed by atoms with Crippen LogP contribution in [-0.4, -0.2) is 56.9 Å². The smallest absolute Gasteiger partial charge is 0.209 e. The van der Waals surface area contributed by atoms with Gasteiger partial charge in [-0.25, -0.2) is 4.68 Å². The number of methoxy groups -OCH3 is 1. The zero-order valence-electron chi connectivity index (χ0n) is 9.69. The molecule has 7 nitrogen and oxygen atoms in total. The van der Waals surface area contributed by atoms with Crippen molar-refractivity contribution >= 4 is 11.8 Å². The van der Waals surface area contributed by atoms with Gasteiger partial charge in [-0.2, -0.15) is 0 Å². The van der Waals surface area contributed by atoms with Gasteiger partial charge in [-0.15, -0.1) is 5.10 Å². The van der Waals surface area contributed by atoms with Crippen LogP contribution in [0.15, 0.2) is 5.16 Å². The largest absolute Gasteiger partial charge is 0.395 e. The second kappa shape index (κ2) is 5.76. The quantitative estimate of drug-likeness (QED) is 0.633. The third kappa shape index (κ3) is 3.15. The Balaban J connectivity index is 1.99. The van der Waals surface area contributed by atoms with Crippen LogP contribution in [0.5, 0.6) is 0 Å². The van der Waals surface area contributed by atoms with Crippen molar-refractivity contribution < 1.29 is 9.84 Å². The number of nitrogens with two attached hydrogens (primary N) is 1. The highest BCUT2D eigenvalue weighted by atomic mass is 32.2. The number of aromatic nitrogens is 4. The molecule has 0 aromatic carbocycles. The van der Waals surface area contributed by atoms with Gasteiger partial charge >= 0.3 is 0 Å². The fraction of sp³-hybridized carbons (Fsp3) is 0.889. The second-order valence-corrected chi connectivity index (χ2v) is 5.30. The molecule has 0 saturated heterocycles. The summed E-state index contributed by atoms with van der Waals surface area (Å²) in [5.74, 6) is 0. The molecule has 8 heteroatoms. The van der Waals surface area contributed by atoms with Gasteiger partial charge in [0.2, 0.25) is 5.16 Å². The number of rotatable bonds is 7. The summed E-state index contributed by atoms with van der Waals surface area (Å²) in [5.41, 5.74) is 5.91. The van der Waals surface area contributed by atoms with Crippen LogP contribution in [0.25, 0.3) is 0 Å². The summed E-state index contributed by atoms with van der Waals surface area (Å²) in [6.07, 6.45) is 2.24. The average Bonchev–Trinajstić information content (AvgIpc) is 3.06. The first kappa shape index (κ1) is 12.7. The predicted octanol–water partition coefficient (Wildman–Crippen LogP) is -0.565. The maximum atomic E-state index is 9.33. The molecule has 1 saturated carbocycles. The maximum absolute atomic E-state index is 9.33. The van der Waals surface area contributed by atoms with Crippen molar-refractivity contribution in [3.05, 3.63) is 0 Å². The lowest BCUT2D eigenvalue weighted by Crippen LogP contribution is -2.39. The third-order valence-electron chi connectivity index (χ3n) is 2.63. The average molecular weight is 259 g/mol. The van der Waals surface area contributed by atoms with Crippen LogP contribution in [0.2, 0.25) is 0 Å². The fourth-order valence-corrected chi connectivity index (χ4v) is 2.48. The van der Waals surface area contributed by atoms with Crippen molar-refractivity contribution in [3.63, 3.8) is 0 Å². The Kier molecular flexibility index (Phi) is 4.32. The highest BCUT2D eigenvalue weighted by molar-refractivity contribution is 7.99. The molecule has 2 atom stereocenters. The van der Waals surface area contributed by atoms with Crippen molar-refractivity contribution in [2.75, 3.05) is 20.3 Å². The van der Waals surface area contributed by atoms with E-state index in [1.54, 1.807) is 7.11 Å². The molecule has 2 rings (SSSR count). The first-order valence-corrected chi connectivity index (χ1v) is 6.44. The van der Waals surface area contributed by atoms with Gasteiger partial charge in [-0.05, 0) is 23.3 Å².